The molecule has 2 atom stereocenters. The van der Waals surface area contributed by atoms with Crippen molar-refractivity contribution in [3.05, 3.63) is 29.6 Å². The summed E-state index contributed by atoms with van der Waals surface area (Å²) >= 11 is 0. The molecule has 132 valence electrons. The van der Waals surface area contributed by atoms with Crippen LogP contribution in [0.25, 0.3) is 0 Å². The fourth-order valence-electron chi connectivity index (χ4n) is 3.41. The highest BCUT2D eigenvalue weighted by atomic mass is 16.5. The molecule has 0 bridgehead atoms. The van der Waals surface area contributed by atoms with E-state index in [1.807, 2.05) is 24.7 Å². The van der Waals surface area contributed by atoms with Gasteiger partial charge in [0.2, 0.25) is 0 Å². The van der Waals surface area contributed by atoms with E-state index in [-0.39, 0.29) is 18.1 Å². The van der Waals surface area contributed by atoms with Crippen molar-refractivity contribution in [2.45, 2.75) is 31.9 Å². The summed E-state index contributed by atoms with van der Waals surface area (Å²) in [4.78, 5) is 18.9. The molecule has 0 radical (unpaired) electrons. The minimum absolute atomic E-state index is 0.0483. The molecule has 1 aromatic heterocycles. The summed E-state index contributed by atoms with van der Waals surface area (Å²) in [6.07, 6.45) is 5.22. The summed E-state index contributed by atoms with van der Waals surface area (Å²) in [7, 11) is 4.06. The Kier molecular flexibility index (Phi) is 5.20. The molecule has 3 heterocycles. The van der Waals surface area contributed by atoms with Gasteiger partial charge in [0.1, 0.15) is 5.76 Å². The standard InChI is InChI=1S/C17H26N4O3/c1-12-13(5-4-7-23-12)17(22)19-10-15-16(20(2)6-8-24-15)14-9-18-11-21(14)3/h9,11,15-16H,4-8,10H2,1-3H3,(H,19,22)/t15-,16-/m0/s1. The highest BCUT2D eigenvalue weighted by Crippen LogP contribution is 2.27. The highest BCUT2D eigenvalue weighted by Gasteiger charge is 2.33. The van der Waals surface area contributed by atoms with E-state index < -0.39 is 0 Å². The number of morpholine rings is 1. The van der Waals surface area contributed by atoms with E-state index >= 15 is 0 Å². The Balaban J connectivity index is 1.68. The SMILES string of the molecule is CC1=C(C(=O)NC[C@@H]2OCCN(C)[C@H]2c2cncn2C)CCCO1. The summed E-state index contributed by atoms with van der Waals surface area (Å²) in [5.41, 5.74) is 1.84. The van der Waals surface area contributed by atoms with Crippen LogP contribution in [-0.4, -0.2) is 59.8 Å². The lowest BCUT2D eigenvalue weighted by molar-refractivity contribution is -0.120. The first kappa shape index (κ1) is 17.0. The Hall–Kier alpha value is -1.86. The second kappa shape index (κ2) is 7.36. The van der Waals surface area contributed by atoms with Gasteiger partial charge in [-0.25, -0.2) is 4.98 Å². The predicted octanol–water partition coefficient (Wildman–Crippen LogP) is 0.992. The molecule has 7 heteroatoms. The molecule has 1 fully saturated rings. The first-order chi connectivity index (χ1) is 11.6. The fourth-order valence-corrected chi connectivity index (χ4v) is 3.41. The second-order valence-corrected chi connectivity index (χ2v) is 6.46. The Morgan fingerprint density at radius 2 is 2.25 bits per heavy atom. The van der Waals surface area contributed by atoms with Crippen LogP contribution in [-0.2, 0) is 21.3 Å². The van der Waals surface area contributed by atoms with E-state index in [0.29, 0.717) is 19.8 Å². The third kappa shape index (κ3) is 3.47. The van der Waals surface area contributed by atoms with Gasteiger partial charge in [0.05, 0.1) is 43.0 Å². The number of carbonyl (C=O) groups excluding carboxylic acids is 1. The lowest BCUT2D eigenvalue weighted by atomic mass is 10.0. The van der Waals surface area contributed by atoms with Gasteiger partial charge in [0.15, 0.2) is 0 Å². The number of carbonyl (C=O) groups is 1. The van der Waals surface area contributed by atoms with Gasteiger partial charge in [-0.1, -0.05) is 0 Å². The first-order valence-corrected chi connectivity index (χ1v) is 8.46. The molecule has 2 aliphatic heterocycles. The molecule has 2 aliphatic rings. The number of likely N-dealkylation sites (N-methyl/N-ethyl adjacent to an activating group) is 1. The van der Waals surface area contributed by atoms with Crippen molar-refractivity contribution in [2.24, 2.45) is 7.05 Å². The van der Waals surface area contributed by atoms with Crippen molar-refractivity contribution >= 4 is 5.91 Å². The molecule has 3 rings (SSSR count). The monoisotopic (exact) mass is 334 g/mol. The van der Waals surface area contributed by atoms with Gasteiger partial charge in [-0.3, -0.25) is 9.69 Å². The predicted molar refractivity (Wildman–Crippen MR) is 89.2 cm³/mol. The molecule has 24 heavy (non-hydrogen) atoms. The van der Waals surface area contributed by atoms with E-state index in [1.165, 1.54) is 0 Å². The molecule has 0 unspecified atom stereocenters. The maximum Gasteiger partial charge on any atom is 0.250 e. The largest absolute Gasteiger partial charge is 0.498 e. The van der Waals surface area contributed by atoms with Crippen LogP contribution in [0.2, 0.25) is 0 Å². The zero-order chi connectivity index (χ0) is 17.1. The van der Waals surface area contributed by atoms with E-state index in [4.69, 9.17) is 9.47 Å². The fraction of sp³-hybridized carbons (Fsp3) is 0.647. The number of nitrogens with zero attached hydrogens (tertiary/aromatic N) is 3. The number of hydrogen-bond acceptors (Lipinski definition) is 5. The van der Waals surface area contributed by atoms with Crippen molar-refractivity contribution in [3.8, 4) is 0 Å². The molecule has 1 amide bonds. The Bertz CT molecular complexity index is 625. The smallest absolute Gasteiger partial charge is 0.250 e. The summed E-state index contributed by atoms with van der Waals surface area (Å²) in [5.74, 6) is 0.691. The van der Waals surface area contributed by atoms with Crippen molar-refractivity contribution < 1.29 is 14.3 Å². The molecular formula is C17H26N4O3. The summed E-state index contributed by atoms with van der Waals surface area (Å²) < 4.78 is 13.4. The van der Waals surface area contributed by atoms with Crippen LogP contribution < -0.4 is 5.32 Å². The Morgan fingerprint density at radius 3 is 2.96 bits per heavy atom. The molecule has 0 aliphatic carbocycles. The second-order valence-electron chi connectivity index (χ2n) is 6.46. The van der Waals surface area contributed by atoms with Gasteiger partial charge in [-0.05, 0) is 26.8 Å². The molecule has 1 aromatic rings. The van der Waals surface area contributed by atoms with Gasteiger partial charge >= 0.3 is 0 Å². The summed E-state index contributed by atoms with van der Waals surface area (Å²) in [6, 6.07) is 0.0734. The number of hydrogen-bond donors (Lipinski definition) is 1. The number of aromatic nitrogens is 2. The summed E-state index contributed by atoms with van der Waals surface area (Å²) in [5, 5.41) is 3.03. The van der Waals surface area contributed by atoms with Gasteiger partial charge < -0.3 is 19.4 Å². The van der Waals surface area contributed by atoms with Gasteiger partial charge in [-0.15, -0.1) is 0 Å². The Labute approximate surface area is 142 Å². The quantitative estimate of drug-likeness (QED) is 0.889. The number of nitrogens with one attached hydrogen (secondary N) is 1. The molecule has 1 saturated heterocycles. The van der Waals surface area contributed by atoms with Crippen LogP contribution in [0.5, 0.6) is 0 Å². The number of aryl methyl sites for hydroxylation is 1. The molecule has 0 spiro atoms. The zero-order valence-corrected chi connectivity index (χ0v) is 14.6. The number of imidazole rings is 1. The van der Waals surface area contributed by atoms with Gasteiger partial charge in [-0.2, -0.15) is 0 Å². The number of ether oxygens (including phenoxy) is 2. The maximum absolute atomic E-state index is 12.5. The molecule has 7 nitrogen and oxygen atoms in total. The van der Waals surface area contributed by atoms with Gasteiger partial charge in [0.25, 0.3) is 5.91 Å². The van der Waals surface area contributed by atoms with E-state index in [9.17, 15) is 4.79 Å². The van der Waals surface area contributed by atoms with Crippen LogP contribution in [0.3, 0.4) is 0 Å². The van der Waals surface area contributed by atoms with Gasteiger partial charge in [0, 0.05) is 26.3 Å². The molecule has 0 saturated carbocycles. The van der Waals surface area contributed by atoms with E-state index in [1.54, 1.807) is 6.33 Å². The zero-order valence-electron chi connectivity index (χ0n) is 14.6. The number of rotatable bonds is 4. The summed E-state index contributed by atoms with van der Waals surface area (Å²) in [6.45, 7) is 4.55. The number of allylic oxidation sites excluding steroid dienone is 1. The van der Waals surface area contributed by atoms with Crippen molar-refractivity contribution in [1.29, 1.82) is 0 Å². The van der Waals surface area contributed by atoms with Crippen LogP contribution in [0, 0.1) is 0 Å². The average Bonchev–Trinajstić information content (AvgIpc) is 2.99. The molecule has 1 N–H and O–H groups in total. The Morgan fingerprint density at radius 1 is 1.42 bits per heavy atom. The maximum atomic E-state index is 12.5. The van der Waals surface area contributed by atoms with E-state index in [0.717, 1.165) is 36.4 Å². The lowest BCUT2D eigenvalue weighted by Gasteiger charge is -2.39. The van der Waals surface area contributed by atoms with Crippen LogP contribution in [0.1, 0.15) is 31.5 Å². The molecule has 0 aromatic carbocycles. The third-order valence-electron chi connectivity index (χ3n) is 4.81. The van der Waals surface area contributed by atoms with Crippen LogP contribution >= 0.6 is 0 Å². The number of amides is 1. The first-order valence-electron chi connectivity index (χ1n) is 8.46. The minimum Gasteiger partial charge on any atom is -0.498 e. The van der Waals surface area contributed by atoms with Crippen LogP contribution in [0.4, 0.5) is 0 Å². The van der Waals surface area contributed by atoms with Crippen LogP contribution in [0.15, 0.2) is 23.9 Å². The molecular weight excluding hydrogens is 308 g/mol. The lowest BCUT2D eigenvalue weighted by Crippen LogP contribution is -2.49. The third-order valence-corrected chi connectivity index (χ3v) is 4.81. The van der Waals surface area contributed by atoms with Crippen molar-refractivity contribution in [1.82, 2.24) is 19.8 Å². The van der Waals surface area contributed by atoms with Crippen molar-refractivity contribution in [3.63, 3.8) is 0 Å². The van der Waals surface area contributed by atoms with Crippen molar-refractivity contribution in [2.75, 3.05) is 33.4 Å². The highest BCUT2D eigenvalue weighted by molar-refractivity contribution is 5.93. The van der Waals surface area contributed by atoms with E-state index in [2.05, 4.69) is 22.2 Å². The topological polar surface area (TPSA) is 68.6 Å². The average molecular weight is 334 g/mol. The minimum atomic E-state index is -0.103. The normalized spacial score (nSPS) is 25.5.